The van der Waals surface area contributed by atoms with Crippen LogP contribution in [0.3, 0.4) is 0 Å². The highest BCUT2D eigenvalue weighted by atomic mass is 16.3. The molecular formula is C41H83NO5. The van der Waals surface area contributed by atoms with E-state index in [2.05, 4.69) is 26.1 Å². The van der Waals surface area contributed by atoms with Crippen molar-refractivity contribution in [3.05, 3.63) is 0 Å². The lowest BCUT2D eigenvalue weighted by atomic mass is 9.99. The maximum absolute atomic E-state index is 12.5. The molecule has 0 aromatic rings. The minimum atomic E-state index is -1.25. The smallest absolute Gasteiger partial charge is 0.249 e. The Morgan fingerprint density at radius 2 is 0.809 bits per heavy atom. The van der Waals surface area contributed by atoms with Gasteiger partial charge in [-0.15, -0.1) is 0 Å². The Bertz CT molecular complexity index is 645. The molecule has 0 rings (SSSR count). The molecule has 0 saturated heterocycles. The van der Waals surface area contributed by atoms with Gasteiger partial charge in [0.05, 0.1) is 18.8 Å². The molecule has 0 aromatic carbocycles. The monoisotopic (exact) mass is 670 g/mol. The van der Waals surface area contributed by atoms with E-state index in [1.165, 1.54) is 148 Å². The second kappa shape index (κ2) is 35.1. The molecule has 0 fully saturated rings. The summed E-state index contributed by atoms with van der Waals surface area (Å²) in [6.45, 7) is 6.40. The lowest BCUT2D eigenvalue weighted by Crippen LogP contribution is -2.53. The zero-order valence-corrected chi connectivity index (χ0v) is 31.7. The molecule has 0 heterocycles. The minimum absolute atomic E-state index is 0.375. The van der Waals surface area contributed by atoms with Gasteiger partial charge in [0.1, 0.15) is 12.2 Å². The fraction of sp³-hybridized carbons (Fsp3) is 0.976. The van der Waals surface area contributed by atoms with Gasteiger partial charge in [-0.25, -0.2) is 0 Å². The topological polar surface area (TPSA) is 110 Å². The number of amides is 1. The van der Waals surface area contributed by atoms with Crippen LogP contribution in [0, 0.1) is 5.92 Å². The number of hydrogen-bond donors (Lipinski definition) is 5. The van der Waals surface area contributed by atoms with Gasteiger partial charge in [-0.05, 0) is 18.8 Å². The molecular weight excluding hydrogens is 586 g/mol. The van der Waals surface area contributed by atoms with Crippen LogP contribution in [0.2, 0.25) is 0 Å². The summed E-state index contributed by atoms with van der Waals surface area (Å²) in [5, 5.41) is 43.5. The third-order valence-electron chi connectivity index (χ3n) is 10.00. The predicted molar refractivity (Wildman–Crippen MR) is 201 cm³/mol. The van der Waals surface area contributed by atoms with Crippen molar-refractivity contribution in [2.75, 3.05) is 6.61 Å². The first-order chi connectivity index (χ1) is 22.8. The molecule has 1 amide bonds. The van der Waals surface area contributed by atoms with E-state index in [-0.39, 0.29) is 0 Å². The van der Waals surface area contributed by atoms with Gasteiger partial charge < -0.3 is 25.7 Å². The average Bonchev–Trinajstić information content (AvgIpc) is 3.06. The SMILES string of the molecule is CCCCCCCCCCCCC[C@@H](O)[C@@H](O)[C@H](CO)NC(=O)[C@H](O)CCCCCCCCCCCCCCCCCCCC(C)C. The zero-order chi connectivity index (χ0) is 34.8. The van der Waals surface area contributed by atoms with Crippen LogP contribution in [0.5, 0.6) is 0 Å². The normalized spacial score (nSPS) is 14.4. The number of aliphatic hydroxyl groups excluding tert-OH is 4. The van der Waals surface area contributed by atoms with Crippen LogP contribution in [-0.2, 0) is 4.79 Å². The number of nitrogens with one attached hydrogen (secondary N) is 1. The quantitative estimate of drug-likeness (QED) is 0.0423. The Kier molecular flexibility index (Phi) is 34.6. The molecule has 0 saturated carbocycles. The first-order valence-electron chi connectivity index (χ1n) is 20.8. The average molecular weight is 670 g/mol. The van der Waals surface area contributed by atoms with Gasteiger partial charge in [0.15, 0.2) is 0 Å². The number of hydrogen-bond acceptors (Lipinski definition) is 5. The van der Waals surface area contributed by atoms with Crippen molar-refractivity contribution >= 4 is 5.91 Å². The van der Waals surface area contributed by atoms with E-state index >= 15 is 0 Å². The van der Waals surface area contributed by atoms with Gasteiger partial charge in [0.2, 0.25) is 5.91 Å². The molecule has 0 aliphatic heterocycles. The number of carbonyl (C=O) groups excluding carboxylic acids is 1. The Labute approximate surface area is 292 Å². The maximum atomic E-state index is 12.5. The van der Waals surface area contributed by atoms with Gasteiger partial charge in [0.25, 0.3) is 0 Å². The fourth-order valence-corrected chi connectivity index (χ4v) is 6.65. The van der Waals surface area contributed by atoms with Gasteiger partial charge >= 0.3 is 0 Å². The molecule has 0 radical (unpaired) electrons. The molecule has 0 aliphatic carbocycles. The molecule has 6 nitrogen and oxygen atoms in total. The van der Waals surface area contributed by atoms with Crippen LogP contribution in [-0.4, -0.2) is 57.3 Å². The van der Waals surface area contributed by atoms with Crippen LogP contribution >= 0.6 is 0 Å². The van der Waals surface area contributed by atoms with Gasteiger partial charge in [0, 0.05) is 0 Å². The van der Waals surface area contributed by atoms with E-state index in [1.807, 2.05) is 0 Å². The summed E-state index contributed by atoms with van der Waals surface area (Å²) in [4.78, 5) is 12.5. The number of rotatable bonds is 37. The fourth-order valence-electron chi connectivity index (χ4n) is 6.65. The molecule has 0 aromatic heterocycles. The molecule has 5 N–H and O–H groups in total. The van der Waals surface area contributed by atoms with Gasteiger partial charge in [-0.1, -0.05) is 207 Å². The van der Waals surface area contributed by atoms with E-state index in [9.17, 15) is 25.2 Å². The van der Waals surface area contributed by atoms with Crippen molar-refractivity contribution in [3.63, 3.8) is 0 Å². The van der Waals surface area contributed by atoms with Crippen molar-refractivity contribution in [3.8, 4) is 0 Å². The molecule has 47 heavy (non-hydrogen) atoms. The van der Waals surface area contributed by atoms with Crippen LogP contribution in [0.25, 0.3) is 0 Å². The Morgan fingerprint density at radius 1 is 0.489 bits per heavy atom. The second-order valence-electron chi connectivity index (χ2n) is 15.2. The lowest BCUT2D eigenvalue weighted by Gasteiger charge is -2.27. The summed E-state index contributed by atoms with van der Waals surface area (Å²) in [5.41, 5.74) is 0. The van der Waals surface area contributed by atoms with Crippen molar-refractivity contribution in [1.82, 2.24) is 5.32 Å². The van der Waals surface area contributed by atoms with Gasteiger partial charge in [-0.3, -0.25) is 4.79 Å². The van der Waals surface area contributed by atoms with Crippen LogP contribution in [0.4, 0.5) is 0 Å². The van der Waals surface area contributed by atoms with E-state index in [0.29, 0.717) is 12.8 Å². The van der Waals surface area contributed by atoms with Crippen LogP contribution < -0.4 is 5.32 Å². The summed E-state index contributed by atoms with van der Waals surface area (Å²) >= 11 is 0. The summed E-state index contributed by atoms with van der Waals surface area (Å²) in [6.07, 6.45) is 34.2. The zero-order valence-electron chi connectivity index (χ0n) is 31.7. The first kappa shape index (κ1) is 46.3. The molecule has 4 atom stereocenters. The third kappa shape index (κ3) is 31.1. The highest BCUT2D eigenvalue weighted by molar-refractivity contribution is 5.80. The van der Waals surface area contributed by atoms with Crippen molar-refractivity contribution in [2.45, 2.75) is 244 Å². The Balaban J connectivity index is 3.69. The Morgan fingerprint density at radius 3 is 1.15 bits per heavy atom. The predicted octanol–water partition coefficient (Wildman–Crippen LogP) is 10.3. The number of aliphatic hydroxyl groups is 4. The minimum Gasteiger partial charge on any atom is -0.394 e. The molecule has 6 heteroatoms. The summed E-state index contributed by atoms with van der Waals surface area (Å²) < 4.78 is 0. The molecule has 0 spiro atoms. The molecule has 0 bridgehead atoms. The standard InChI is InChI=1S/C41H83NO5/c1-4-5-6-7-8-9-17-21-24-27-30-33-38(44)40(46)37(35-43)42-41(47)39(45)34-31-28-25-22-19-16-14-12-10-11-13-15-18-20-23-26-29-32-36(2)3/h36-40,43-46H,4-35H2,1-3H3,(H,42,47)/t37-,38+,39+,40-/m0/s1. The van der Waals surface area contributed by atoms with Gasteiger partial charge in [-0.2, -0.15) is 0 Å². The van der Waals surface area contributed by atoms with Crippen LogP contribution in [0.1, 0.15) is 220 Å². The number of unbranched alkanes of at least 4 members (excludes halogenated alkanes) is 26. The largest absolute Gasteiger partial charge is 0.394 e. The molecule has 0 unspecified atom stereocenters. The summed E-state index contributed by atoms with van der Waals surface area (Å²) in [5.74, 6) is 0.273. The summed E-state index contributed by atoms with van der Waals surface area (Å²) in [6, 6.07) is -0.978. The van der Waals surface area contributed by atoms with E-state index < -0.39 is 36.9 Å². The molecule has 0 aliphatic rings. The number of carbonyl (C=O) groups is 1. The first-order valence-corrected chi connectivity index (χ1v) is 20.8. The van der Waals surface area contributed by atoms with Crippen molar-refractivity contribution in [2.24, 2.45) is 5.92 Å². The Hall–Kier alpha value is -0.690. The second-order valence-corrected chi connectivity index (χ2v) is 15.2. The third-order valence-corrected chi connectivity index (χ3v) is 10.00. The highest BCUT2D eigenvalue weighted by Gasteiger charge is 2.28. The lowest BCUT2D eigenvalue weighted by molar-refractivity contribution is -0.132. The van der Waals surface area contributed by atoms with E-state index in [0.717, 1.165) is 44.4 Å². The van der Waals surface area contributed by atoms with Crippen LogP contribution in [0.15, 0.2) is 0 Å². The van der Waals surface area contributed by atoms with E-state index in [1.54, 1.807) is 0 Å². The van der Waals surface area contributed by atoms with E-state index in [4.69, 9.17) is 0 Å². The van der Waals surface area contributed by atoms with Crippen molar-refractivity contribution < 1.29 is 25.2 Å². The highest BCUT2D eigenvalue weighted by Crippen LogP contribution is 2.17. The summed E-state index contributed by atoms with van der Waals surface area (Å²) in [7, 11) is 0. The molecule has 282 valence electrons. The van der Waals surface area contributed by atoms with Crippen molar-refractivity contribution in [1.29, 1.82) is 0 Å². The maximum Gasteiger partial charge on any atom is 0.249 e.